The second-order valence-electron chi connectivity index (χ2n) is 4.12. The van der Waals surface area contributed by atoms with Crippen LogP contribution in [0.4, 0.5) is 0 Å². The summed E-state index contributed by atoms with van der Waals surface area (Å²) < 4.78 is 5.55. The summed E-state index contributed by atoms with van der Waals surface area (Å²) in [5.41, 5.74) is 6.09. The molecule has 0 aromatic carbocycles. The van der Waals surface area contributed by atoms with Crippen molar-refractivity contribution >= 4 is 11.3 Å². The summed E-state index contributed by atoms with van der Waals surface area (Å²) in [5, 5.41) is 2.13. The monoisotopic (exact) mass is 211 g/mol. The Morgan fingerprint density at radius 1 is 1.57 bits per heavy atom. The molecule has 1 aliphatic heterocycles. The molecular formula is C11H17NOS. The van der Waals surface area contributed by atoms with E-state index in [9.17, 15) is 0 Å². The van der Waals surface area contributed by atoms with Crippen LogP contribution < -0.4 is 5.73 Å². The van der Waals surface area contributed by atoms with Gasteiger partial charge in [-0.2, -0.15) is 0 Å². The van der Waals surface area contributed by atoms with Gasteiger partial charge in [0.05, 0.1) is 6.61 Å². The average molecular weight is 211 g/mol. The molecule has 78 valence electrons. The summed E-state index contributed by atoms with van der Waals surface area (Å²) in [7, 11) is 0. The molecule has 1 aliphatic rings. The van der Waals surface area contributed by atoms with Gasteiger partial charge in [0.15, 0.2) is 0 Å². The van der Waals surface area contributed by atoms with Crippen LogP contribution >= 0.6 is 11.3 Å². The predicted octanol–water partition coefficient (Wildman–Crippen LogP) is 2.05. The summed E-state index contributed by atoms with van der Waals surface area (Å²) in [6, 6.07) is 4.30. The fourth-order valence-electron chi connectivity index (χ4n) is 2.07. The largest absolute Gasteiger partial charge is 0.381 e. The maximum atomic E-state index is 5.88. The van der Waals surface area contributed by atoms with Gasteiger partial charge in [-0.25, -0.2) is 0 Å². The Balaban J connectivity index is 2.04. The van der Waals surface area contributed by atoms with Crippen LogP contribution in [0, 0.1) is 5.41 Å². The minimum Gasteiger partial charge on any atom is -0.381 e. The number of thiophene rings is 1. The highest BCUT2D eigenvalue weighted by Gasteiger charge is 2.31. The standard InChI is InChI=1S/C11H17NOS/c12-8-11(4-2-5-13-9-11)7-10-3-1-6-14-10/h1,3,6H,2,4-5,7-9,12H2. The number of ether oxygens (including phenoxy) is 1. The maximum Gasteiger partial charge on any atom is 0.0538 e. The van der Waals surface area contributed by atoms with Crippen LogP contribution in [0.3, 0.4) is 0 Å². The molecule has 1 unspecified atom stereocenters. The quantitative estimate of drug-likeness (QED) is 0.830. The van der Waals surface area contributed by atoms with E-state index in [0.717, 1.165) is 32.6 Å². The van der Waals surface area contributed by atoms with E-state index in [1.807, 2.05) is 11.3 Å². The Morgan fingerprint density at radius 2 is 2.50 bits per heavy atom. The van der Waals surface area contributed by atoms with Crippen molar-refractivity contribution in [1.82, 2.24) is 0 Å². The van der Waals surface area contributed by atoms with Gasteiger partial charge in [-0.05, 0) is 30.7 Å². The topological polar surface area (TPSA) is 35.2 Å². The van der Waals surface area contributed by atoms with Crippen LogP contribution in [0.25, 0.3) is 0 Å². The summed E-state index contributed by atoms with van der Waals surface area (Å²) in [4.78, 5) is 1.43. The molecule has 2 nitrogen and oxygen atoms in total. The summed E-state index contributed by atoms with van der Waals surface area (Å²) in [6.45, 7) is 2.48. The Morgan fingerprint density at radius 3 is 3.07 bits per heavy atom. The molecule has 2 heterocycles. The molecule has 0 bridgehead atoms. The first-order valence-electron chi connectivity index (χ1n) is 5.15. The van der Waals surface area contributed by atoms with E-state index in [4.69, 9.17) is 10.5 Å². The minimum absolute atomic E-state index is 0.211. The lowest BCUT2D eigenvalue weighted by molar-refractivity contribution is -0.00222. The lowest BCUT2D eigenvalue weighted by Crippen LogP contribution is -2.40. The number of hydrogen-bond acceptors (Lipinski definition) is 3. The van der Waals surface area contributed by atoms with Gasteiger partial charge < -0.3 is 10.5 Å². The van der Waals surface area contributed by atoms with E-state index in [0.29, 0.717) is 0 Å². The van der Waals surface area contributed by atoms with Gasteiger partial charge >= 0.3 is 0 Å². The second kappa shape index (κ2) is 4.43. The van der Waals surface area contributed by atoms with Crippen LogP contribution in [0.15, 0.2) is 17.5 Å². The van der Waals surface area contributed by atoms with E-state index in [1.54, 1.807) is 0 Å². The van der Waals surface area contributed by atoms with Crippen LogP contribution in [-0.2, 0) is 11.2 Å². The Kier molecular flexibility index (Phi) is 3.21. The highest BCUT2D eigenvalue weighted by molar-refractivity contribution is 7.09. The third-order valence-corrected chi connectivity index (χ3v) is 3.84. The van der Waals surface area contributed by atoms with Crippen molar-refractivity contribution < 1.29 is 4.74 Å². The van der Waals surface area contributed by atoms with Crippen molar-refractivity contribution in [3.8, 4) is 0 Å². The third-order valence-electron chi connectivity index (χ3n) is 2.97. The van der Waals surface area contributed by atoms with Gasteiger partial charge in [-0.15, -0.1) is 11.3 Å². The molecule has 1 aromatic rings. The van der Waals surface area contributed by atoms with Crippen LogP contribution in [0.2, 0.25) is 0 Å². The van der Waals surface area contributed by atoms with Crippen molar-refractivity contribution in [3.63, 3.8) is 0 Å². The zero-order valence-electron chi connectivity index (χ0n) is 8.37. The van der Waals surface area contributed by atoms with E-state index in [-0.39, 0.29) is 5.41 Å². The SMILES string of the molecule is NCC1(Cc2cccs2)CCCOC1. The van der Waals surface area contributed by atoms with Crippen LogP contribution in [0.1, 0.15) is 17.7 Å². The molecule has 1 fully saturated rings. The summed E-state index contributed by atoms with van der Waals surface area (Å²) in [5.74, 6) is 0. The van der Waals surface area contributed by atoms with E-state index in [2.05, 4.69) is 17.5 Å². The normalized spacial score (nSPS) is 27.8. The molecule has 1 aromatic heterocycles. The molecular weight excluding hydrogens is 194 g/mol. The van der Waals surface area contributed by atoms with E-state index in [1.165, 1.54) is 11.3 Å². The molecule has 1 saturated heterocycles. The molecule has 3 heteroatoms. The smallest absolute Gasteiger partial charge is 0.0538 e. The zero-order chi connectivity index (χ0) is 9.86. The molecule has 0 saturated carbocycles. The highest BCUT2D eigenvalue weighted by atomic mass is 32.1. The van der Waals surface area contributed by atoms with Gasteiger partial charge in [0.25, 0.3) is 0 Å². The number of hydrogen-bond donors (Lipinski definition) is 1. The predicted molar refractivity (Wildman–Crippen MR) is 59.6 cm³/mol. The van der Waals surface area contributed by atoms with Crippen molar-refractivity contribution in [1.29, 1.82) is 0 Å². The van der Waals surface area contributed by atoms with E-state index >= 15 is 0 Å². The summed E-state index contributed by atoms with van der Waals surface area (Å²) in [6.07, 6.45) is 3.45. The molecule has 2 rings (SSSR count). The molecule has 1 atom stereocenters. The minimum atomic E-state index is 0.211. The highest BCUT2D eigenvalue weighted by Crippen LogP contribution is 2.32. The fourth-order valence-corrected chi connectivity index (χ4v) is 2.94. The van der Waals surface area contributed by atoms with Crippen molar-refractivity contribution in [2.45, 2.75) is 19.3 Å². The Hall–Kier alpha value is -0.380. The molecule has 14 heavy (non-hydrogen) atoms. The van der Waals surface area contributed by atoms with Gasteiger partial charge in [0, 0.05) is 23.4 Å². The maximum absolute atomic E-state index is 5.88. The van der Waals surface area contributed by atoms with Crippen LogP contribution in [0.5, 0.6) is 0 Å². The second-order valence-corrected chi connectivity index (χ2v) is 5.15. The van der Waals surface area contributed by atoms with Gasteiger partial charge in [0.1, 0.15) is 0 Å². The lowest BCUT2D eigenvalue weighted by atomic mass is 9.79. The first-order chi connectivity index (χ1) is 6.85. The third kappa shape index (κ3) is 2.16. The fraction of sp³-hybridized carbons (Fsp3) is 0.636. The van der Waals surface area contributed by atoms with Gasteiger partial charge in [-0.1, -0.05) is 6.07 Å². The first-order valence-corrected chi connectivity index (χ1v) is 6.03. The first kappa shape index (κ1) is 10.1. The van der Waals surface area contributed by atoms with Crippen molar-refractivity contribution in [2.75, 3.05) is 19.8 Å². The van der Waals surface area contributed by atoms with Crippen molar-refractivity contribution in [3.05, 3.63) is 22.4 Å². The molecule has 2 N–H and O–H groups in total. The zero-order valence-corrected chi connectivity index (χ0v) is 9.19. The molecule has 0 spiro atoms. The molecule has 0 aliphatic carbocycles. The van der Waals surface area contributed by atoms with Gasteiger partial charge in [0.2, 0.25) is 0 Å². The number of nitrogens with two attached hydrogens (primary N) is 1. The summed E-state index contributed by atoms with van der Waals surface area (Å²) >= 11 is 1.82. The van der Waals surface area contributed by atoms with Gasteiger partial charge in [-0.3, -0.25) is 0 Å². The Labute approximate surface area is 89.1 Å². The number of rotatable bonds is 3. The molecule has 0 amide bonds. The van der Waals surface area contributed by atoms with Crippen LogP contribution in [-0.4, -0.2) is 19.8 Å². The van der Waals surface area contributed by atoms with Crippen molar-refractivity contribution in [2.24, 2.45) is 11.1 Å². The average Bonchev–Trinajstić information content (AvgIpc) is 2.72. The van der Waals surface area contributed by atoms with E-state index < -0.39 is 0 Å². The molecule has 0 radical (unpaired) electrons. The lowest BCUT2D eigenvalue weighted by Gasteiger charge is -2.35. The Bertz CT molecular complexity index is 265.